The van der Waals surface area contributed by atoms with Crippen molar-refractivity contribution in [3.05, 3.63) is 97.1 Å². The van der Waals surface area contributed by atoms with Crippen molar-refractivity contribution >= 4 is 17.7 Å². The smallest absolute Gasteiger partial charge is 0.249 e. The van der Waals surface area contributed by atoms with Gasteiger partial charge in [-0.2, -0.15) is 0 Å². The van der Waals surface area contributed by atoms with E-state index in [1.807, 2.05) is 95.3 Å². The number of hydrogen-bond donors (Lipinski definition) is 1. The highest BCUT2D eigenvalue weighted by atomic mass is 16.5. The van der Waals surface area contributed by atoms with Gasteiger partial charge in [0.2, 0.25) is 17.7 Å². The summed E-state index contributed by atoms with van der Waals surface area (Å²) >= 11 is 0. The van der Waals surface area contributed by atoms with Crippen LogP contribution in [0.3, 0.4) is 0 Å². The average Bonchev–Trinajstić information content (AvgIpc) is 3.52. The van der Waals surface area contributed by atoms with Crippen LogP contribution < -0.4 is 0 Å². The fourth-order valence-electron chi connectivity index (χ4n) is 8.06. The highest BCUT2D eigenvalue weighted by Crippen LogP contribution is 2.66. The van der Waals surface area contributed by atoms with Crippen LogP contribution >= 0.6 is 0 Å². The summed E-state index contributed by atoms with van der Waals surface area (Å²) in [5, 5.41) is 10.8. The van der Waals surface area contributed by atoms with Crippen LogP contribution in [-0.2, 0) is 25.7 Å². The molecule has 3 heterocycles. The molecule has 1 spiro atoms. The van der Waals surface area contributed by atoms with Gasteiger partial charge >= 0.3 is 0 Å². The van der Waals surface area contributed by atoms with Gasteiger partial charge < -0.3 is 24.5 Å². The number of nitrogens with zero attached hydrogens (tertiary/aromatic N) is 3. The van der Waals surface area contributed by atoms with Crippen molar-refractivity contribution in [2.75, 3.05) is 19.7 Å². The minimum atomic E-state index is -1.25. The van der Waals surface area contributed by atoms with Crippen molar-refractivity contribution < 1.29 is 24.2 Å². The van der Waals surface area contributed by atoms with Gasteiger partial charge in [0.25, 0.3) is 0 Å². The topological polar surface area (TPSA) is 90.4 Å². The van der Waals surface area contributed by atoms with Crippen LogP contribution in [0.4, 0.5) is 0 Å². The Morgan fingerprint density at radius 3 is 2.20 bits per heavy atom. The first-order valence-corrected chi connectivity index (χ1v) is 15.9. The summed E-state index contributed by atoms with van der Waals surface area (Å²) in [5.41, 5.74) is -1.13. The van der Waals surface area contributed by atoms with E-state index in [-0.39, 0.29) is 36.8 Å². The predicted octanol–water partition coefficient (Wildman–Crippen LogP) is 4.76. The lowest BCUT2D eigenvalue weighted by atomic mass is 9.62. The van der Waals surface area contributed by atoms with E-state index in [0.717, 1.165) is 5.56 Å². The summed E-state index contributed by atoms with van der Waals surface area (Å²) in [6.07, 6.45) is 3.81. The number of carbonyl (C=O) groups excluding carboxylic acids is 3. The number of aliphatic hydroxyl groups is 1. The van der Waals surface area contributed by atoms with E-state index >= 15 is 0 Å². The first kappa shape index (κ1) is 32.6. The van der Waals surface area contributed by atoms with Crippen molar-refractivity contribution in [1.29, 1.82) is 0 Å². The Hall–Kier alpha value is -3.75. The van der Waals surface area contributed by atoms with Crippen LogP contribution in [0, 0.1) is 17.8 Å². The first-order valence-electron chi connectivity index (χ1n) is 15.9. The number of fused-ring (bicyclic) bond motifs is 1. The molecule has 3 aliphatic heterocycles. The molecule has 5 rings (SSSR count). The molecule has 8 heteroatoms. The Morgan fingerprint density at radius 2 is 1.64 bits per heavy atom. The van der Waals surface area contributed by atoms with Crippen molar-refractivity contribution in [2.45, 2.75) is 76.4 Å². The summed E-state index contributed by atoms with van der Waals surface area (Å²) in [6, 6.07) is 17.2. The molecule has 240 valence electrons. The number of likely N-dealkylation sites (tertiary alicyclic amines) is 1. The maximum atomic E-state index is 14.9. The number of aliphatic hydroxyl groups excluding tert-OH is 1. The molecule has 1 N–H and O–H groups in total. The van der Waals surface area contributed by atoms with Crippen LogP contribution in [0.1, 0.15) is 58.2 Å². The molecule has 2 aromatic carbocycles. The Bertz CT molecular complexity index is 1440. The Morgan fingerprint density at radius 1 is 1.04 bits per heavy atom. The molecule has 3 unspecified atom stereocenters. The monoisotopic (exact) mass is 613 g/mol. The molecule has 0 radical (unpaired) electrons. The third-order valence-electron chi connectivity index (χ3n) is 10.2. The van der Waals surface area contributed by atoms with E-state index in [1.54, 1.807) is 22.0 Å². The first-order chi connectivity index (χ1) is 21.4. The van der Waals surface area contributed by atoms with Crippen molar-refractivity contribution in [3.63, 3.8) is 0 Å². The third kappa shape index (κ3) is 5.32. The number of hydrogen-bond acceptors (Lipinski definition) is 5. The van der Waals surface area contributed by atoms with Gasteiger partial charge in [0.05, 0.1) is 30.1 Å². The number of rotatable bonds is 11. The summed E-state index contributed by atoms with van der Waals surface area (Å²) in [7, 11) is 0. The van der Waals surface area contributed by atoms with Crippen LogP contribution in [0.25, 0.3) is 0 Å². The quantitative estimate of drug-likeness (QED) is 0.369. The molecule has 3 saturated heterocycles. The zero-order valence-electron chi connectivity index (χ0n) is 27.2. The molecule has 2 aromatic rings. The molecular formula is C37H47N3O5. The van der Waals surface area contributed by atoms with E-state index in [9.17, 15) is 19.5 Å². The average molecular weight is 614 g/mol. The SMILES string of the molecule is C=CCN(Cc1ccccc1)C(=O)[C@H]1[C@H]2C(=O)N([C@H](CO)c3ccccc3)C(C(=O)N(CC=C)C(C)(C)C)C23CC(C)[C@]1(C)O3. The molecule has 0 aromatic heterocycles. The van der Waals surface area contributed by atoms with Crippen molar-refractivity contribution in [3.8, 4) is 0 Å². The van der Waals surface area contributed by atoms with Gasteiger partial charge in [-0.3, -0.25) is 14.4 Å². The van der Waals surface area contributed by atoms with Crippen molar-refractivity contribution in [2.24, 2.45) is 17.8 Å². The zero-order chi connectivity index (χ0) is 32.7. The van der Waals surface area contributed by atoms with Gasteiger partial charge in [0, 0.05) is 25.2 Å². The van der Waals surface area contributed by atoms with Crippen LogP contribution in [0.5, 0.6) is 0 Å². The van der Waals surface area contributed by atoms with E-state index < -0.39 is 40.7 Å². The van der Waals surface area contributed by atoms with E-state index in [1.165, 1.54) is 4.90 Å². The van der Waals surface area contributed by atoms with Gasteiger partial charge in [-0.25, -0.2) is 0 Å². The Balaban J connectivity index is 1.66. The molecule has 3 aliphatic rings. The molecular weight excluding hydrogens is 566 g/mol. The summed E-state index contributed by atoms with van der Waals surface area (Å²) in [6.45, 7) is 18.2. The van der Waals surface area contributed by atoms with Crippen molar-refractivity contribution in [1.82, 2.24) is 14.7 Å². The molecule has 2 bridgehead atoms. The standard InChI is InChI=1S/C37H47N3O5/c1-8-20-38(23-26-16-12-10-13-17-26)32(42)29-30-33(43)40(28(24-41)27-18-14-11-15-19-27)31(34(44)39(21-9-2)35(4,5)6)37(30)22-25(3)36(29,7)45-37/h8-19,25,28-31,41H,1-2,20-24H2,3-7H3/t25?,28-,29-,30+,31?,36+,37?/m1/s1. The van der Waals surface area contributed by atoms with E-state index in [2.05, 4.69) is 13.2 Å². The number of amides is 3. The van der Waals surface area contributed by atoms with Gasteiger partial charge in [-0.15, -0.1) is 13.2 Å². The molecule has 45 heavy (non-hydrogen) atoms. The van der Waals surface area contributed by atoms with E-state index in [0.29, 0.717) is 25.1 Å². The highest BCUT2D eigenvalue weighted by molar-refractivity contribution is 5.99. The zero-order valence-corrected chi connectivity index (χ0v) is 27.2. The fraction of sp³-hybridized carbons (Fsp3) is 0.486. The Labute approximate surface area is 267 Å². The summed E-state index contributed by atoms with van der Waals surface area (Å²) in [4.78, 5) is 49.6. The van der Waals surface area contributed by atoms with Gasteiger partial charge in [-0.05, 0) is 51.2 Å². The molecule has 0 aliphatic carbocycles. The van der Waals surface area contributed by atoms with Gasteiger partial charge in [0.1, 0.15) is 11.6 Å². The second kappa shape index (κ2) is 12.2. The summed E-state index contributed by atoms with van der Waals surface area (Å²) < 4.78 is 7.01. The van der Waals surface area contributed by atoms with Crippen LogP contribution in [0.15, 0.2) is 86.0 Å². The second-order valence-corrected chi connectivity index (χ2v) is 14.0. The molecule has 7 atom stereocenters. The number of carbonyl (C=O) groups is 3. The number of ether oxygens (including phenoxy) is 1. The molecule has 8 nitrogen and oxygen atoms in total. The largest absolute Gasteiger partial charge is 0.394 e. The maximum Gasteiger partial charge on any atom is 0.249 e. The predicted molar refractivity (Wildman–Crippen MR) is 174 cm³/mol. The minimum absolute atomic E-state index is 0.111. The minimum Gasteiger partial charge on any atom is -0.394 e. The Kier molecular flexibility index (Phi) is 8.86. The molecule has 3 fully saturated rings. The fourth-order valence-corrected chi connectivity index (χ4v) is 8.06. The highest BCUT2D eigenvalue weighted by Gasteiger charge is 2.80. The molecule has 0 saturated carbocycles. The van der Waals surface area contributed by atoms with Crippen LogP contribution in [-0.4, -0.2) is 80.0 Å². The second-order valence-electron chi connectivity index (χ2n) is 14.0. The third-order valence-corrected chi connectivity index (χ3v) is 10.2. The number of benzene rings is 2. The summed E-state index contributed by atoms with van der Waals surface area (Å²) in [5.74, 6) is -2.64. The normalized spacial score (nSPS) is 29.3. The lowest BCUT2D eigenvalue weighted by Crippen LogP contribution is -2.60. The van der Waals surface area contributed by atoms with Crippen LogP contribution in [0.2, 0.25) is 0 Å². The van der Waals surface area contributed by atoms with E-state index in [4.69, 9.17) is 4.74 Å². The molecule has 3 amide bonds. The van der Waals surface area contributed by atoms with Gasteiger partial charge in [0.15, 0.2) is 0 Å². The maximum absolute atomic E-state index is 14.9. The lowest BCUT2D eigenvalue weighted by Gasteiger charge is -2.43. The van der Waals surface area contributed by atoms with Gasteiger partial charge in [-0.1, -0.05) is 79.7 Å². The lowest BCUT2D eigenvalue weighted by molar-refractivity contribution is -0.160.